The summed E-state index contributed by atoms with van der Waals surface area (Å²) < 4.78 is 5.42. The predicted octanol–water partition coefficient (Wildman–Crippen LogP) is 3.58. The lowest BCUT2D eigenvalue weighted by atomic mass is 10.2. The number of nitro benzene ring substituents is 1. The van der Waals surface area contributed by atoms with Gasteiger partial charge in [0.1, 0.15) is 12.4 Å². The molecule has 0 aliphatic rings. The van der Waals surface area contributed by atoms with Crippen molar-refractivity contribution in [2.24, 2.45) is 5.10 Å². The highest BCUT2D eigenvalue weighted by Crippen LogP contribution is 2.22. The zero-order valence-corrected chi connectivity index (χ0v) is 13.8. The Morgan fingerprint density at radius 1 is 1.32 bits per heavy atom. The molecule has 0 bridgehead atoms. The molecule has 0 fully saturated rings. The summed E-state index contributed by atoms with van der Waals surface area (Å²) in [6.45, 7) is 3.77. The SMILES string of the molecule is C=CCOc1ccc([N+](=O)[O-])cc1/C=N/NC(=O)c1ccc(Cl)cc1. The first-order chi connectivity index (χ1) is 12.0. The van der Waals surface area contributed by atoms with Gasteiger partial charge in [-0.25, -0.2) is 5.43 Å². The number of nitrogens with one attached hydrogen (secondary N) is 1. The number of non-ortho nitro benzene ring substituents is 1. The molecule has 7 nitrogen and oxygen atoms in total. The fourth-order valence-electron chi connectivity index (χ4n) is 1.86. The van der Waals surface area contributed by atoms with E-state index in [2.05, 4.69) is 17.1 Å². The summed E-state index contributed by atoms with van der Waals surface area (Å²) in [6, 6.07) is 10.4. The molecule has 0 aliphatic heterocycles. The lowest BCUT2D eigenvalue weighted by Gasteiger charge is -2.06. The Hall–Kier alpha value is -3.19. The number of carbonyl (C=O) groups excluding carboxylic acids is 1. The molecule has 2 rings (SSSR count). The first-order valence-corrected chi connectivity index (χ1v) is 7.50. The van der Waals surface area contributed by atoms with Gasteiger partial charge in [-0.15, -0.1) is 0 Å². The van der Waals surface area contributed by atoms with Crippen LogP contribution in [-0.2, 0) is 0 Å². The molecule has 0 heterocycles. The smallest absolute Gasteiger partial charge is 0.271 e. The topological polar surface area (TPSA) is 93.8 Å². The number of hydrogen-bond acceptors (Lipinski definition) is 5. The van der Waals surface area contributed by atoms with E-state index in [-0.39, 0.29) is 12.3 Å². The van der Waals surface area contributed by atoms with E-state index in [0.717, 1.165) is 0 Å². The van der Waals surface area contributed by atoms with E-state index in [1.807, 2.05) is 0 Å². The highest BCUT2D eigenvalue weighted by Gasteiger charge is 2.11. The Morgan fingerprint density at radius 2 is 2.04 bits per heavy atom. The average Bonchev–Trinajstić information content (AvgIpc) is 2.60. The summed E-state index contributed by atoms with van der Waals surface area (Å²) in [7, 11) is 0. The Balaban J connectivity index is 2.15. The monoisotopic (exact) mass is 359 g/mol. The Kier molecular flexibility index (Phi) is 6.25. The molecule has 2 aromatic carbocycles. The van der Waals surface area contributed by atoms with Crippen LogP contribution in [0.1, 0.15) is 15.9 Å². The van der Waals surface area contributed by atoms with Gasteiger partial charge in [-0.1, -0.05) is 24.3 Å². The summed E-state index contributed by atoms with van der Waals surface area (Å²) in [4.78, 5) is 22.3. The largest absolute Gasteiger partial charge is 0.489 e. The molecule has 1 amide bonds. The molecular formula is C17H14ClN3O4. The molecule has 2 aromatic rings. The second-order valence-corrected chi connectivity index (χ2v) is 5.22. The van der Waals surface area contributed by atoms with E-state index >= 15 is 0 Å². The number of rotatable bonds is 7. The standard InChI is InChI=1S/C17H14ClN3O4/c1-2-9-25-16-8-7-15(21(23)24)10-13(16)11-19-20-17(22)12-3-5-14(18)6-4-12/h2-8,10-11H,1,9H2,(H,20,22)/b19-11+. The third-order valence-electron chi connectivity index (χ3n) is 3.04. The van der Waals surface area contributed by atoms with Gasteiger partial charge in [-0.05, 0) is 30.3 Å². The normalized spacial score (nSPS) is 10.4. The van der Waals surface area contributed by atoms with Crippen molar-refractivity contribution >= 4 is 29.4 Å². The maximum absolute atomic E-state index is 12.0. The molecule has 0 unspecified atom stereocenters. The van der Waals surface area contributed by atoms with Crippen molar-refractivity contribution < 1.29 is 14.5 Å². The molecule has 0 atom stereocenters. The van der Waals surface area contributed by atoms with Crippen molar-refractivity contribution in [3.05, 3.63) is 81.4 Å². The van der Waals surface area contributed by atoms with Gasteiger partial charge in [0.25, 0.3) is 11.6 Å². The maximum Gasteiger partial charge on any atom is 0.271 e. The first-order valence-electron chi connectivity index (χ1n) is 7.12. The van der Waals surface area contributed by atoms with Crippen LogP contribution in [0.3, 0.4) is 0 Å². The molecule has 0 saturated heterocycles. The van der Waals surface area contributed by atoms with Crippen LogP contribution in [0.25, 0.3) is 0 Å². The van der Waals surface area contributed by atoms with Crippen molar-refractivity contribution in [3.8, 4) is 5.75 Å². The molecular weight excluding hydrogens is 346 g/mol. The second kappa shape index (κ2) is 8.60. The molecule has 128 valence electrons. The lowest BCUT2D eigenvalue weighted by molar-refractivity contribution is -0.384. The third-order valence-corrected chi connectivity index (χ3v) is 3.29. The van der Waals surface area contributed by atoms with Crippen LogP contribution < -0.4 is 10.2 Å². The Morgan fingerprint density at radius 3 is 2.68 bits per heavy atom. The van der Waals surface area contributed by atoms with E-state index in [9.17, 15) is 14.9 Å². The van der Waals surface area contributed by atoms with Crippen molar-refractivity contribution in [2.45, 2.75) is 0 Å². The molecule has 8 heteroatoms. The molecule has 0 saturated carbocycles. The number of carbonyl (C=O) groups is 1. The number of amides is 1. The molecule has 25 heavy (non-hydrogen) atoms. The van der Waals surface area contributed by atoms with Crippen LogP contribution >= 0.6 is 11.6 Å². The summed E-state index contributed by atoms with van der Waals surface area (Å²) in [6.07, 6.45) is 2.82. The number of nitro groups is 1. The van der Waals surface area contributed by atoms with Crippen LogP contribution in [0.2, 0.25) is 5.02 Å². The second-order valence-electron chi connectivity index (χ2n) is 4.78. The molecule has 0 spiro atoms. The minimum atomic E-state index is -0.527. The highest BCUT2D eigenvalue weighted by atomic mass is 35.5. The fourth-order valence-corrected chi connectivity index (χ4v) is 1.98. The number of hydrogen-bond donors (Lipinski definition) is 1. The quantitative estimate of drug-likeness (QED) is 0.354. The van der Waals surface area contributed by atoms with E-state index in [0.29, 0.717) is 21.9 Å². The van der Waals surface area contributed by atoms with E-state index in [1.54, 1.807) is 30.3 Å². The summed E-state index contributed by atoms with van der Waals surface area (Å²) in [5.74, 6) is -0.0538. The third kappa shape index (κ3) is 5.15. The van der Waals surface area contributed by atoms with E-state index < -0.39 is 10.8 Å². The van der Waals surface area contributed by atoms with Gasteiger partial charge in [0.05, 0.1) is 11.1 Å². The zero-order chi connectivity index (χ0) is 18.2. The van der Waals surface area contributed by atoms with Gasteiger partial charge in [-0.3, -0.25) is 14.9 Å². The summed E-state index contributed by atoms with van der Waals surface area (Å²) >= 11 is 5.76. The van der Waals surface area contributed by atoms with Crippen LogP contribution in [-0.4, -0.2) is 23.7 Å². The van der Waals surface area contributed by atoms with Gasteiger partial charge in [0.2, 0.25) is 0 Å². The molecule has 0 radical (unpaired) electrons. The summed E-state index contributed by atoms with van der Waals surface area (Å²) in [5.41, 5.74) is 2.96. The van der Waals surface area contributed by atoms with Gasteiger partial charge in [0.15, 0.2) is 0 Å². The average molecular weight is 360 g/mol. The van der Waals surface area contributed by atoms with E-state index in [4.69, 9.17) is 16.3 Å². The van der Waals surface area contributed by atoms with Gasteiger partial charge >= 0.3 is 0 Å². The van der Waals surface area contributed by atoms with Crippen molar-refractivity contribution in [3.63, 3.8) is 0 Å². The number of nitrogens with zero attached hydrogens (tertiary/aromatic N) is 2. The minimum Gasteiger partial charge on any atom is -0.489 e. The lowest BCUT2D eigenvalue weighted by Crippen LogP contribution is -2.17. The molecule has 1 N–H and O–H groups in total. The Bertz CT molecular complexity index is 819. The summed E-state index contributed by atoms with van der Waals surface area (Å²) in [5, 5.41) is 15.2. The number of hydrazone groups is 1. The Labute approximate surface area is 148 Å². The number of benzene rings is 2. The number of halogens is 1. The first kappa shape index (κ1) is 18.2. The van der Waals surface area contributed by atoms with Crippen LogP contribution in [0, 0.1) is 10.1 Å². The van der Waals surface area contributed by atoms with Crippen LogP contribution in [0.4, 0.5) is 5.69 Å². The van der Waals surface area contributed by atoms with Crippen LogP contribution in [0.5, 0.6) is 5.75 Å². The predicted molar refractivity (Wildman–Crippen MR) is 95.3 cm³/mol. The zero-order valence-electron chi connectivity index (χ0n) is 13.0. The van der Waals surface area contributed by atoms with Gasteiger partial charge < -0.3 is 4.74 Å². The fraction of sp³-hybridized carbons (Fsp3) is 0.0588. The van der Waals surface area contributed by atoms with Crippen molar-refractivity contribution in [2.75, 3.05) is 6.61 Å². The maximum atomic E-state index is 12.0. The van der Waals surface area contributed by atoms with Crippen molar-refractivity contribution in [1.82, 2.24) is 5.43 Å². The number of ether oxygens (including phenoxy) is 1. The van der Waals surface area contributed by atoms with Crippen molar-refractivity contribution in [1.29, 1.82) is 0 Å². The molecule has 0 aliphatic carbocycles. The highest BCUT2D eigenvalue weighted by molar-refractivity contribution is 6.30. The van der Waals surface area contributed by atoms with Gasteiger partial charge in [0, 0.05) is 28.3 Å². The van der Waals surface area contributed by atoms with Crippen LogP contribution in [0.15, 0.2) is 60.2 Å². The molecule has 0 aromatic heterocycles. The minimum absolute atomic E-state index is 0.114. The van der Waals surface area contributed by atoms with Gasteiger partial charge in [-0.2, -0.15) is 5.10 Å². The van der Waals surface area contributed by atoms with E-state index in [1.165, 1.54) is 24.4 Å².